The van der Waals surface area contributed by atoms with E-state index in [9.17, 15) is 5.11 Å². The van der Waals surface area contributed by atoms with Gasteiger partial charge in [0, 0.05) is 13.1 Å². The van der Waals surface area contributed by atoms with Crippen molar-refractivity contribution in [2.75, 3.05) is 32.5 Å². The minimum Gasteiger partial charge on any atom is -0.395 e. The molecular weight excluding hydrogens is 248 g/mol. The molecular formula is C11H18N6O2. The van der Waals surface area contributed by atoms with E-state index in [1.165, 1.54) is 6.33 Å². The van der Waals surface area contributed by atoms with E-state index in [-0.39, 0.29) is 6.61 Å². The highest BCUT2D eigenvalue weighted by Crippen LogP contribution is 2.15. The SMILES string of the molecule is CN(CCO)C[C@@H](O)Cn1cnc2ncnc(N)c21. The lowest BCUT2D eigenvalue weighted by molar-refractivity contribution is 0.101. The van der Waals surface area contributed by atoms with Crippen LogP contribution in [0.5, 0.6) is 0 Å². The van der Waals surface area contributed by atoms with Crippen molar-refractivity contribution in [3.63, 3.8) is 0 Å². The Balaban J connectivity index is 2.09. The number of imidazole rings is 1. The largest absolute Gasteiger partial charge is 0.395 e. The fraction of sp³-hybridized carbons (Fsp3) is 0.545. The molecule has 0 aromatic carbocycles. The molecule has 104 valence electrons. The minimum absolute atomic E-state index is 0.0675. The number of likely N-dealkylation sites (N-methyl/N-ethyl adjacent to an activating group) is 1. The number of hydrogen-bond donors (Lipinski definition) is 3. The molecule has 2 aromatic heterocycles. The first-order valence-electron chi connectivity index (χ1n) is 6.00. The van der Waals surface area contributed by atoms with Gasteiger partial charge in [-0.05, 0) is 7.05 Å². The van der Waals surface area contributed by atoms with Crippen molar-refractivity contribution in [1.82, 2.24) is 24.4 Å². The Morgan fingerprint density at radius 3 is 2.95 bits per heavy atom. The smallest absolute Gasteiger partial charge is 0.182 e. The summed E-state index contributed by atoms with van der Waals surface area (Å²) in [4.78, 5) is 13.9. The van der Waals surface area contributed by atoms with Crippen molar-refractivity contribution in [3.8, 4) is 0 Å². The maximum absolute atomic E-state index is 10.0. The van der Waals surface area contributed by atoms with E-state index >= 15 is 0 Å². The predicted molar refractivity (Wildman–Crippen MR) is 70.3 cm³/mol. The lowest BCUT2D eigenvalue weighted by Gasteiger charge is -2.20. The maximum atomic E-state index is 10.0. The van der Waals surface area contributed by atoms with E-state index in [2.05, 4.69) is 15.0 Å². The number of aliphatic hydroxyl groups excluding tert-OH is 2. The molecule has 4 N–H and O–H groups in total. The first-order valence-corrected chi connectivity index (χ1v) is 6.00. The van der Waals surface area contributed by atoms with Crippen molar-refractivity contribution >= 4 is 17.0 Å². The molecule has 2 heterocycles. The second kappa shape index (κ2) is 5.91. The molecule has 8 nitrogen and oxygen atoms in total. The van der Waals surface area contributed by atoms with Gasteiger partial charge in [-0.3, -0.25) is 0 Å². The maximum Gasteiger partial charge on any atom is 0.182 e. The number of hydrogen-bond acceptors (Lipinski definition) is 7. The van der Waals surface area contributed by atoms with E-state index in [1.54, 1.807) is 10.9 Å². The number of aromatic nitrogens is 4. The third-order valence-electron chi connectivity index (χ3n) is 2.85. The molecule has 0 saturated carbocycles. The van der Waals surface area contributed by atoms with Gasteiger partial charge in [-0.25, -0.2) is 15.0 Å². The summed E-state index contributed by atoms with van der Waals surface area (Å²) in [5.74, 6) is 0.346. The number of nitrogens with two attached hydrogens (primary N) is 1. The Labute approximate surface area is 110 Å². The average Bonchev–Trinajstić information content (AvgIpc) is 2.74. The van der Waals surface area contributed by atoms with E-state index in [1.807, 2.05) is 11.9 Å². The molecule has 0 fully saturated rings. The summed E-state index contributed by atoms with van der Waals surface area (Å²) in [5.41, 5.74) is 6.94. The fourth-order valence-corrected chi connectivity index (χ4v) is 1.98. The van der Waals surface area contributed by atoms with Gasteiger partial charge in [0.05, 0.1) is 25.6 Å². The van der Waals surface area contributed by atoms with E-state index < -0.39 is 6.10 Å². The summed E-state index contributed by atoms with van der Waals surface area (Å²) in [6.07, 6.45) is 2.36. The molecule has 1 atom stereocenters. The predicted octanol–water partition coefficient (Wildman–Crippen LogP) is -1.31. The zero-order valence-corrected chi connectivity index (χ0v) is 10.8. The normalized spacial score (nSPS) is 13.3. The van der Waals surface area contributed by atoms with E-state index in [0.29, 0.717) is 36.6 Å². The molecule has 2 rings (SSSR count). The Hall–Kier alpha value is -1.77. The van der Waals surface area contributed by atoms with Crippen LogP contribution in [0.1, 0.15) is 0 Å². The lowest BCUT2D eigenvalue weighted by Crippen LogP contribution is -2.33. The molecule has 0 bridgehead atoms. The van der Waals surface area contributed by atoms with Gasteiger partial charge in [-0.15, -0.1) is 0 Å². The Bertz CT molecular complexity index is 543. The van der Waals surface area contributed by atoms with Gasteiger partial charge in [-0.1, -0.05) is 0 Å². The summed E-state index contributed by atoms with van der Waals surface area (Å²) in [6, 6.07) is 0. The van der Waals surface area contributed by atoms with Gasteiger partial charge >= 0.3 is 0 Å². The zero-order chi connectivity index (χ0) is 13.8. The van der Waals surface area contributed by atoms with E-state index in [4.69, 9.17) is 10.8 Å². The Morgan fingerprint density at radius 1 is 1.42 bits per heavy atom. The van der Waals surface area contributed by atoms with Crippen LogP contribution in [0.15, 0.2) is 12.7 Å². The molecule has 0 radical (unpaired) electrons. The number of rotatable bonds is 6. The topological polar surface area (TPSA) is 113 Å². The zero-order valence-electron chi connectivity index (χ0n) is 10.8. The quantitative estimate of drug-likeness (QED) is 0.595. The molecule has 0 amide bonds. The van der Waals surface area contributed by atoms with Gasteiger partial charge in [0.2, 0.25) is 0 Å². The lowest BCUT2D eigenvalue weighted by atomic mass is 10.3. The summed E-state index contributed by atoms with van der Waals surface area (Å²) in [5, 5.41) is 18.8. The number of nitrogen functional groups attached to an aromatic ring is 1. The van der Waals surface area contributed by atoms with Gasteiger partial charge in [0.25, 0.3) is 0 Å². The molecule has 2 aromatic rings. The molecule has 8 heteroatoms. The van der Waals surface area contributed by atoms with Crippen LogP contribution in [-0.4, -0.2) is 67.5 Å². The number of fused-ring (bicyclic) bond motifs is 1. The summed E-state index contributed by atoms with van der Waals surface area (Å²) in [6.45, 7) is 1.39. The highest BCUT2D eigenvalue weighted by molar-refractivity contribution is 5.81. The summed E-state index contributed by atoms with van der Waals surface area (Å²) in [7, 11) is 1.84. The number of anilines is 1. The molecule has 0 aliphatic heterocycles. The van der Waals surface area contributed by atoms with Crippen LogP contribution in [0.25, 0.3) is 11.2 Å². The monoisotopic (exact) mass is 266 g/mol. The standard InChI is InChI=1S/C11H18N6O2/c1-16(2-3-18)4-8(19)5-17-7-15-11-9(17)10(12)13-6-14-11/h6-8,18-19H,2-5H2,1H3,(H2,12,13,14)/t8-/m1/s1. The van der Waals surface area contributed by atoms with Crippen molar-refractivity contribution in [3.05, 3.63) is 12.7 Å². The van der Waals surface area contributed by atoms with Gasteiger partial charge in [0.15, 0.2) is 11.5 Å². The molecule has 0 unspecified atom stereocenters. The van der Waals surface area contributed by atoms with Crippen LogP contribution in [-0.2, 0) is 6.54 Å². The average molecular weight is 266 g/mol. The summed E-state index contributed by atoms with van der Waals surface area (Å²) < 4.78 is 1.74. The van der Waals surface area contributed by atoms with Crippen LogP contribution in [0, 0.1) is 0 Å². The van der Waals surface area contributed by atoms with Gasteiger partial charge in [0.1, 0.15) is 11.8 Å². The second-order valence-corrected chi connectivity index (χ2v) is 4.47. The van der Waals surface area contributed by atoms with Crippen LogP contribution in [0.3, 0.4) is 0 Å². The third kappa shape index (κ3) is 3.16. The van der Waals surface area contributed by atoms with Crippen LogP contribution in [0.2, 0.25) is 0 Å². The highest BCUT2D eigenvalue weighted by Gasteiger charge is 2.13. The van der Waals surface area contributed by atoms with Gasteiger partial charge < -0.3 is 25.4 Å². The Kier molecular flexibility index (Phi) is 4.25. The first kappa shape index (κ1) is 13.7. The summed E-state index contributed by atoms with van der Waals surface area (Å²) >= 11 is 0. The third-order valence-corrected chi connectivity index (χ3v) is 2.85. The van der Waals surface area contributed by atoms with Crippen molar-refractivity contribution in [2.24, 2.45) is 0 Å². The van der Waals surface area contributed by atoms with Crippen molar-refractivity contribution in [2.45, 2.75) is 12.6 Å². The van der Waals surface area contributed by atoms with Crippen LogP contribution < -0.4 is 5.73 Å². The molecule has 0 saturated heterocycles. The van der Waals surface area contributed by atoms with Crippen molar-refractivity contribution in [1.29, 1.82) is 0 Å². The molecule has 0 spiro atoms. The minimum atomic E-state index is -0.589. The molecule has 19 heavy (non-hydrogen) atoms. The van der Waals surface area contributed by atoms with Crippen LogP contribution in [0.4, 0.5) is 5.82 Å². The van der Waals surface area contributed by atoms with Gasteiger partial charge in [-0.2, -0.15) is 0 Å². The molecule has 0 aliphatic carbocycles. The van der Waals surface area contributed by atoms with E-state index in [0.717, 1.165) is 0 Å². The first-order chi connectivity index (χ1) is 9.11. The Morgan fingerprint density at radius 2 is 2.21 bits per heavy atom. The number of nitrogens with zero attached hydrogens (tertiary/aromatic N) is 5. The fourth-order valence-electron chi connectivity index (χ4n) is 1.98. The number of aliphatic hydroxyl groups is 2. The van der Waals surface area contributed by atoms with Crippen molar-refractivity contribution < 1.29 is 10.2 Å². The second-order valence-electron chi connectivity index (χ2n) is 4.47. The highest BCUT2D eigenvalue weighted by atomic mass is 16.3. The molecule has 0 aliphatic rings. The van der Waals surface area contributed by atoms with Crippen LogP contribution >= 0.6 is 0 Å².